The van der Waals surface area contributed by atoms with Gasteiger partial charge in [-0.2, -0.15) is 13.2 Å². The van der Waals surface area contributed by atoms with E-state index in [1.807, 2.05) is 0 Å². The zero-order valence-corrected chi connectivity index (χ0v) is 10.9. The largest absolute Gasteiger partial charge is 0.495 e. The van der Waals surface area contributed by atoms with E-state index in [0.29, 0.717) is 6.20 Å². The van der Waals surface area contributed by atoms with Gasteiger partial charge < -0.3 is 4.74 Å². The minimum Gasteiger partial charge on any atom is -0.495 e. The first-order valence-corrected chi connectivity index (χ1v) is 5.77. The molecule has 0 fully saturated rings. The first kappa shape index (κ1) is 14.6. The molecule has 0 aliphatic heterocycles. The van der Waals surface area contributed by atoms with Crippen molar-refractivity contribution in [2.24, 2.45) is 0 Å². The van der Waals surface area contributed by atoms with Crippen LogP contribution in [0.1, 0.15) is 5.56 Å². The topological polar surface area (TPSA) is 22.1 Å². The van der Waals surface area contributed by atoms with Gasteiger partial charge in [0.1, 0.15) is 11.6 Å². The molecule has 1 aromatic heterocycles. The van der Waals surface area contributed by atoms with Gasteiger partial charge in [-0.15, -0.1) is 0 Å². The first-order chi connectivity index (χ1) is 9.32. The number of pyridine rings is 1. The summed E-state index contributed by atoms with van der Waals surface area (Å²) >= 11 is 5.74. The fraction of sp³-hybridized carbons (Fsp3) is 0.154. The second-order valence-electron chi connectivity index (χ2n) is 3.90. The normalized spacial score (nSPS) is 11.5. The second kappa shape index (κ2) is 5.28. The van der Waals surface area contributed by atoms with E-state index in [1.54, 1.807) is 0 Å². The van der Waals surface area contributed by atoms with Crippen molar-refractivity contribution >= 4 is 11.6 Å². The zero-order valence-electron chi connectivity index (χ0n) is 10.1. The molecule has 7 heteroatoms. The summed E-state index contributed by atoms with van der Waals surface area (Å²) < 4.78 is 56.0. The molecule has 0 atom stereocenters. The molecule has 106 valence electrons. The molecule has 0 saturated carbocycles. The Labute approximate surface area is 117 Å². The van der Waals surface area contributed by atoms with Crippen molar-refractivity contribution in [3.05, 3.63) is 46.9 Å². The summed E-state index contributed by atoms with van der Waals surface area (Å²) in [5.41, 5.74) is -0.826. The van der Waals surface area contributed by atoms with E-state index in [2.05, 4.69) is 4.98 Å². The van der Waals surface area contributed by atoms with Crippen LogP contribution in [0, 0.1) is 5.82 Å². The Bertz CT molecular complexity index is 626. The quantitative estimate of drug-likeness (QED) is 0.758. The van der Waals surface area contributed by atoms with Gasteiger partial charge in [0.05, 0.1) is 23.4 Å². The highest BCUT2D eigenvalue weighted by molar-refractivity contribution is 6.32. The maximum absolute atomic E-state index is 13.8. The van der Waals surface area contributed by atoms with Crippen molar-refractivity contribution in [2.45, 2.75) is 6.18 Å². The number of methoxy groups -OCH3 is 1. The van der Waals surface area contributed by atoms with Gasteiger partial charge >= 0.3 is 6.18 Å². The Morgan fingerprint density at radius 3 is 2.40 bits per heavy atom. The standard InChI is InChI=1S/C13H8ClF4NO/c1-20-12-4-8(10(15)5-9(12)14)11-3-2-7(6-19-11)13(16,17)18/h2-6H,1H3. The van der Waals surface area contributed by atoms with Gasteiger partial charge in [0.25, 0.3) is 0 Å². The molecule has 1 heterocycles. The van der Waals surface area contributed by atoms with Crippen LogP contribution in [-0.2, 0) is 6.18 Å². The van der Waals surface area contributed by atoms with E-state index in [0.717, 1.165) is 18.2 Å². The van der Waals surface area contributed by atoms with Crippen LogP contribution in [0.4, 0.5) is 17.6 Å². The van der Waals surface area contributed by atoms with Crippen LogP contribution in [0.2, 0.25) is 5.02 Å². The number of nitrogens with zero attached hydrogens (tertiary/aromatic N) is 1. The maximum Gasteiger partial charge on any atom is 0.417 e. The highest BCUT2D eigenvalue weighted by atomic mass is 35.5. The highest BCUT2D eigenvalue weighted by Gasteiger charge is 2.30. The van der Waals surface area contributed by atoms with E-state index in [9.17, 15) is 17.6 Å². The van der Waals surface area contributed by atoms with Gasteiger partial charge in [-0.05, 0) is 24.3 Å². The summed E-state index contributed by atoms with van der Waals surface area (Å²) in [7, 11) is 1.35. The van der Waals surface area contributed by atoms with Crippen molar-refractivity contribution in [2.75, 3.05) is 7.11 Å². The van der Waals surface area contributed by atoms with Crippen molar-refractivity contribution in [3.63, 3.8) is 0 Å². The Balaban J connectivity index is 2.47. The smallest absolute Gasteiger partial charge is 0.417 e. The Kier molecular flexibility index (Phi) is 3.85. The van der Waals surface area contributed by atoms with Crippen molar-refractivity contribution in [3.8, 4) is 17.0 Å². The predicted molar refractivity (Wildman–Crippen MR) is 66.2 cm³/mol. The van der Waals surface area contributed by atoms with Crippen LogP contribution < -0.4 is 4.74 Å². The molecule has 0 saturated heterocycles. The lowest BCUT2D eigenvalue weighted by Crippen LogP contribution is -2.05. The fourth-order valence-electron chi connectivity index (χ4n) is 1.60. The summed E-state index contributed by atoms with van der Waals surface area (Å²) in [5.74, 6) is -0.479. The summed E-state index contributed by atoms with van der Waals surface area (Å²) in [6.45, 7) is 0. The Morgan fingerprint density at radius 2 is 1.90 bits per heavy atom. The predicted octanol–water partition coefficient (Wildman–Crippen LogP) is 4.57. The molecule has 0 radical (unpaired) electrons. The molecule has 20 heavy (non-hydrogen) atoms. The van der Waals surface area contributed by atoms with Crippen LogP contribution >= 0.6 is 11.6 Å². The average molecular weight is 306 g/mol. The maximum atomic E-state index is 13.8. The van der Waals surface area contributed by atoms with E-state index in [1.165, 1.54) is 13.2 Å². The van der Waals surface area contributed by atoms with Gasteiger partial charge in [-0.25, -0.2) is 4.39 Å². The lowest BCUT2D eigenvalue weighted by Gasteiger charge is -2.09. The third-order valence-corrected chi connectivity index (χ3v) is 2.90. The molecule has 2 nitrogen and oxygen atoms in total. The third kappa shape index (κ3) is 2.85. The van der Waals surface area contributed by atoms with E-state index in [4.69, 9.17) is 16.3 Å². The van der Waals surface area contributed by atoms with E-state index < -0.39 is 17.6 Å². The molecule has 0 aliphatic rings. The van der Waals surface area contributed by atoms with Crippen LogP contribution in [0.5, 0.6) is 5.75 Å². The lowest BCUT2D eigenvalue weighted by molar-refractivity contribution is -0.137. The molecule has 0 aliphatic carbocycles. The van der Waals surface area contributed by atoms with Gasteiger partial charge in [-0.3, -0.25) is 4.98 Å². The summed E-state index contributed by atoms with van der Waals surface area (Å²) in [6, 6.07) is 4.24. The van der Waals surface area contributed by atoms with E-state index in [-0.39, 0.29) is 22.0 Å². The molecule has 0 unspecified atom stereocenters. The average Bonchev–Trinajstić information content (AvgIpc) is 2.38. The van der Waals surface area contributed by atoms with Crippen molar-refractivity contribution in [1.82, 2.24) is 4.98 Å². The number of hydrogen-bond donors (Lipinski definition) is 0. The van der Waals surface area contributed by atoms with Crippen LogP contribution in [-0.4, -0.2) is 12.1 Å². The third-order valence-electron chi connectivity index (χ3n) is 2.61. The number of halogens is 5. The molecular weight excluding hydrogens is 298 g/mol. The lowest BCUT2D eigenvalue weighted by atomic mass is 10.1. The first-order valence-electron chi connectivity index (χ1n) is 5.39. The molecule has 2 aromatic rings. The Hall–Kier alpha value is -1.82. The number of benzene rings is 1. The van der Waals surface area contributed by atoms with Gasteiger partial charge in [-0.1, -0.05) is 11.6 Å². The number of aromatic nitrogens is 1. The van der Waals surface area contributed by atoms with Gasteiger partial charge in [0.2, 0.25) is 0 Å². The molecule has 2 rings (SSSR count). The monoisotopic (exact) mass is 305 g/mol. The number of rotatable bonds is 2. The summed E-state index contributed by atoms with van der Waals surface area (Å²) in [6.07, 6.45) is -3.84. The zero-order chi connectivity index (χ0) is 14.9. The van der Waals surface area contributed by atoms with Crippen LogP contribution in [0.3, 0.4) is 0 Å². The summed E-state index contributed by atoms with van der Waals surface area (Å²) in [5, 5.41) is 0.0701. The number of alkyl halides is 3. The van der Waals surface area contributed by atoms with Crippen LogP contribution in [0.25, 0.3) is 11.3 Å². The van der Waals surface area contributed by atoms with Crippen molar-refractivity contribution in [1.29, 1.82) is 0 Å². The van der Waals surface area contributed by atoms with Crippen molar-refractivity contribution < 1.29 is 22.3 Å². The van der Waals surface area contributed by atoms with E-state index >= 15 is 0 Å². The molecule has 0 bridgehead atoms. The molecule has 0 N–H and O–H groups in total. The molecule has 0 amide bonds. The molecule has 0 spiro atoms. The Morgan fingerprint density at radius 1 is 1.20 bits per heavy atom. The fourth-order valence-corrected chi connectivity index (χ4v) is 1.83. The minimum absolute atomic E-state index is 0.0139. The number of hydrogen-bond acceptors (Lipinski definition) is 2. The second-order valence-corrected chi connectivity index (χ2v) is 4.30. The number of ether oxygens (including phenoxy) is 1. The SMILES string of the molecule is COc1cc(-c2ccc(C(F)(F)F)cn2)c(F)cc1Cl. The molecular formula is C13H8ClF4NO. The molecule has 1 aromatic carbocycles. The minimum atomic E-state index is -4.48. The van der Waals surface area contributed by atoms with Crippen LogP contribution in [0.15, 0.2) is 30.5 Å². The van der Waals surface area contributed by atoms with Gasteiger partial charge in [0, 0.05) is 11.8 Å². The highest BCUT2D eigenvalue weighted by Crippen LogP contribution is 2.34. The summed E-state index contributed by atoms with van der Waals surface area (Å²) in [4.78, 5) is 3.62. The van der Waals surface area contributed by atoms with Gasteiger partial charge in [0.15, 0.2) is 0 Å².